The third-order valence-electron chi connectivity index (χ3n) is 2.79. The third kappa shape index (κ3) is 4.34. The molecule has 2 rings (SSSR count). The lowest BCUT2D eigenvalue weighted by Gasteiger charge is -2.16. The van der Waals surface area contributed by atoms with Gasteiger partial charge in [-0.3, -0.25) is 4.79 Å². The number of benzene rings is 1. The lowest BCUT2D eigenvalue weighted by molar-refractivity contribution is -0.122. The zero-order valence-electron chi connectivity index (χ0n) is 11.6. The Morgan fingerprint density at radius 3 is 2.57 bits per heavy atom. The predicted octanol–water partition coefficient (Wildman–Crippen LogP) is 4.10. The van der Waals surface area contributed by atoms with E-state index in [1.54, 1.807) is 37.3 Å². The highest BCUT2D eigenvalue weighted by molar-refractivity contribution is 6.30. The number of nitrogens with one attached hydrogen (secondary N) is 1. The standard InChI is InChI=1S/C15H14Cl2N2O2/c1-9-7-11(16)3-5-13(9)21-10(2)15(20)19-14-6-4-12(17)8-18-14/h3-8,10H,1-2H3,(H,18,19,20). The summed E-state index contributed by atoms with van der Waals surface area (Å²) in [6.07, 6.45) is 0.800. The molecule has 0 aliphatic carbocycles. The quantitative estimate of drug-likeness (QED) is 0.921. The zero-order valence-corrected chi connectivity index (χ0v) is 13.1. The molecule has 0 saturated carbocycles. The number of hydrogen-bond donors (Lipinski definition) is 1. The van der Waals surface area contributed by atoms with Crippen molar-refractivity contribution < 1.29 is 9.53 Å². The molecule has 1 unspecified atom stereocenters. The summed E-state index contributed by atoms with van der Waals surface area (Å²) >= 11 is 11.6. The van der Waals surface area contributed by atoms with Crippen molar-refractivity contribution in [1.29, 1.82) is 0 Å². The summed E-state index contributed by atoms with van der Waals surface area (Å²) in [5.41, 5.74) is 0.867. The topological polar surface area (TPSA) is 51.2 Å². The van der Waals surface area contributed by atoms with Gasteiger partial charge in [0.2, 0.25) is 0 Å². The van der Waals surface area contributed by atoms with Gasteiger partial charge in [0.25, 0.3) is 5.91 Å². The Morgan fingerprint density at radius 2 is 1.95 bits per heavy atom. The second-order valence-electron chi connectivity index (χ2n) is 4.52. The number of nitrogens with zero attached hydrogens (tertiary/aromatic N) is 1. The molecule has 0 bridgehead atoms. The molecule has 0 spiro atoms. The van der Waals surface area contributed by atoms with Crippen LogP contribution in [0, 0.1) is 6.92 Å². The normalized spacial score (nSPS) is 11.8. The number of hydrogen-bond acceptors (Lipinski definition) is 3. The summed E-state index contributed by atoms with van der Waals surface area (Å²) in [4.78, 5) is 16.0. The van der Waals surface area contributed by atoms with Crippen molar-refractivity contribution in [3.05, 3.63) is 52.1 Å². The predicted molar refractivity (Wildman–Crippen MR) is 84.2 cm³/mol. The average Bonchev–Trinajstić information content (AvgIpc) is 2.44. The number of aryl methyl sites for hydroxylation is 1. The van der Waals surface area contributed by atoms with Crippen molar-refractivity contribution in [2.45, 2.75) is 20.0 Å². The Balaban J connectivity index is 2.00. The second-order valence-corrected chi connectivity index (χ2v) is 5.39. The van der Waals surface area contributed by atoms with Crippen molar-refractivity contribution in [1.82, 2.24) is 4.98 Å². The Hall–Kier alpha value is -1.78. The number of ether oxygens (including phenoxy) is 1. The molecule has 2 aromatic rings. The number of amides is 1. The van der Waals surface area contributed by atoms with Crippen molar-refractivity contribution in [3.8, 4) is 5.75 Å². The summed E-state index contributed by atoms with van der Waals surface area (Å²) in [5, 5.41) is 3.80. The van der Waals surface area contributed by atoms with Crippen LogP contribution in [0.4, 0.5) is 5.82 Å². The SMILES string of the molecule is Cc1cc(Cl)ccc1OC(C)C(=O)Nc1ccc(Cl)cn1. The maximum Gasteiger partial charge on any atom is 0.266 e. The number of rotatable bonds is 4. The van der Waals surface area contributed by atoms with Gasteiger partial charge >= 0.3 is 0 Å². The minimum absolute atomic E-state index is 0.292. The highest BCUT2D eigenvalue weighted by atomic mass is 35.5. The number of pyridine rings is 1. The first kappa shape index (κ1) is 15.6. The number of aromatic nitrogens is 1. The second kappa shape index (κ2) is 6.78. The maximum absolute atomic E-state index is 12.0. The van der Waals surface area contributed by atoms with Gasteiger partial charge in [-0.15, -0.1) is 0 Å². The van der Waals surface area contributed by atoms with Crippen LogP contribution in [0.3, 0.4) is 0 Å². The van der Waals surface area contributed by atoms with Gasteiger partial charge in [-0.05, 0) is 49.7 Å². The average molecular weight is 325 g/mol. The molecule has 0 aliphatic heterocycles. The van der Waals surface area contributed by atoms with Gasteiger partial charge in [0.05, 0.1) is 5.02 Å². The van der Waals surface area contributed by atoms with E-state index in [-0.39, 0.29) is 5.91 Å². The fraction of sp³-hybridized carbons (Fsp3) is 0.200. The van der Waals surface area contributed by atoms with Gasteiger partial charge in [-0.2, -0.15) is 0 Å². The van der Waals surface area contributed by atoms with Crippen LogP contribution in [0.25, 0.3) is 0 Å². The third-order valence-corrected chi connectivity index (χ3v) is 3.25. The minimum Gasteiger partial charge on any atom is -0.481 e. The summed E-state index contributed by atoms with van der Waals surface area (Å²) in [7, 11) is 0. The van der Waals surface area contributed by atoms with Crippen LogP contribution < -0.4 is 10.1 Å². The van der Waals surface area contributed by atoms with E-state index in [1.807, 2.05) is 6.92 Å². The molecule has 0 radical (unpaired) electrons. The fourth-order valence-corrected chi connectivity index (χ4v) is 2.01. The van der Waals surface area contributed by atoms with Gasteiger partial charge in [0.15, 0.2) is 6.10 Å². The zero-order chi connectivity index (χ0) is 15.4. The van der Waals surface area contributed by atoms with Crippen LogP contribution in [0.15, 0.2) is 36.5 Å². The van der Waals surface area contributed by atoms with E-state index in [9.17, 15) is 4.79 Å². The molecule has 1 N–H and O–H groups in total. The van der Waals surface area contributed by atoms with E-state index < -0.39 is 6.10 Å². The van der Waals surface area contributed by atoms with E-state index in [4.69, 9.17) is 27.9 Å². The van der Waals surface area contributed by atoms with Gasteiger partial charge in [0, 0.05) is 11.2 Å². The van der Waals surface area contributed by atoms with Crippen LogP contribution in [0.1, 0.15) is 12.5 Å². The van der Waals surface area contributed by atoms with Crippen LogP contribution in [-0.4, -0.2) is 17.0 Å². The first-order valence-electron chi connectivity index (χ1n) is 6.31. The molecule has 21 heavy (non-hydrogen) atoms. The Bertz CT molecular complexity index is 645. The number of carbonyl (C=O) groups excluding carboxylic acids is 1. The molecule has 0 aliphatic rings. The van der Waals surface area contributed by atoms with Gasteiger partial charge in [0.1, 0.15) is 11.6 Å². The first-order valence-corrected chi connectivity index (χ1v) is 7.06. The van der Waals surface area contributed by atoms with Crippen molar-refractivity contribution in [2.24, 2.45) is 0 Å². The number of anilines is 1. The number of carbonyl (C=O) groups is 1. The van der Waals surface area contributed by atoms with E-state index in [1.165, 1.54) is 6.20 Å². The summed E-state index contributed by atoms with van der Waals surface area (Å²) < 4.78 is 5.63. The highest BCUT2D eigenvalue weighted by Crippen LogP contribution is 2.23. The Morgan fingerprint density at radius 1 is 1.24 bits per heavy atom. The van der Waals surface area contributed by atoms with E-state index in [0.717, 1.165) is 5.56 Å². The van der Waals surface area contributed by atoms with E-state index in [2.05, 4.69) is 10.3 Å². The van der Waals surface area contributed by atoms with Crippen molar-refractivity contribution in [3.63, 3.8) is 0 Å². The monoisotopic (exact) mass is 324 g/mol. The molecule has 1 aromatic carbocycles. The molecule has 0 fully saturated rings. The minimum atomic E-state index is -0.664. The summed E-state index contributed by atoms with van der Waals surface area (Å²) in [6.45, 7) is 3.53. The van der Waals surface area contributed by atoms with Crippen LogP contribution in [-0.2, 0) is 4.79 Å². The summed E-state index contributed by atoms with van der Waals surface area (Å²) in [5.74, 6) is 0.748. The Labute approximate surface area is 133 Å². The van der Waals surface area contributed by atoms with Crippen molar-refractivity contribution in [2.75, 3.05) is 5.32 Å². The Kier molecular flexibility index (Phi) is 5.04. The molecule has 6 heteroatoms. The van der Waals surface area contributed by atoms with Crippen LogP contribution in [0.5, 0.6) is 5.75 Å². The van der Waals surface area contributed by atoms with Gasteiger partial charge < -0.3 is 10.1 Å². The fourth-order valence-electron chi connectivity index (χ4n) is 1.67. The lowest BCUT2D eigenvalue weighted by atomic mass is 10.2. The number of halogens is 2. The molecule has 110 valence electrons. The molecule has 1 atom stereocenters. The maximum atomic E-state index is 12.0. The van der Waals surface area contributed by atoms with Crippen molar-refractivity contribution >= 4 is 34.9 Å². The first-order chi connectivity index (χ1) is 9.95. The molecule has 4 nitrogen and oxygen atoms in total. The largest absolute Gasteiger partial charge is 0.481 e. The molecular formula is C15H14Cl2N2O2. The highest BCUT2D eigenvalue weighted by Gasteiger charge is 2.16. The van der Waals surface area contributed by atoms with Crippen LogP contribution in [0.2, 0.25) is 10.0 Å². The molecule has 0 saturated heterocycles. The van der Waals surface area contributed by atoms with E-state index >= 15 is 0 Å². The molecule has 1 amide bonds. The summed E-state index contributed by atoms with van der Waals surface area (Å²) in [6, 6.07) is 8.51. The molecular weight excluding hydrogens is 311 g/mol. The molecule has 1 heterocycles. The smallest absolute Gasteiger partial charge is 0.266 e. The van der Waals surface area contributed by atoms with Gasteiger partial charge in [-0.25, -0.2) is 4.98 Å². The van der Waals surface area contributed by atoms with Gasteiger partial charge in [-0.1, -0.05) is 23.2 Å². The van der Waals surface area contributed by atoms with Crippen LogP contribution >= 0.6 is 23.2 Å². The molecule has 1 aromatic heterocycles. The van der Waals surface area contributed by atoms with E-state index in [0.29, 0.717) is 21.6 Å². The lowest BCUT2D eigenvalue weighted by Crippen LogP contribution is -2.30.